The van der Waals surface area contributed by atoms with Crippen LogP contribution in [0.25, 0.3) is 21.3 Å². The summed E-state index contributed by atoms with van der Waals surface area (Å²) in [6, 6.07) is 14.3. The van der Waals surface area contributed by atoms with Gasteiger partial charge in [0.25, 0.3) is 12.1 Å². The number of carbonyl (C=O) groups excluding carboxylic acids is 2. The fraction of sp³-hybridized carbons (Fsp3) is 0.273. The summed E-state index contributed by atoms with van der Waals surface area (Å²) < 4.78 is 33.0. The second kappa shape index (κ2) is 9.03. The molecule has 0 saturated heterocycles. The van der Waals surface area contributed by atoms with Crippen LogP contribution in [-0.4, -0.2) is 48.2 Å². The zero-order chi connectivity index (χ0) is 24.6. The molecule has 0 bridgehead atoms. The smallest absolute Gasteiger partial charge is 0.339 e. The van der Waals surface area contributed by atoms with Crippen LogP contribution in [0.4, 0.5) is 4.79 Å². The van der Waals surface area contributed by atoms with Crippen molar-refractivity contribution in [2.45, 2.75) is 25.3 Å². The molecule has 1 aromatic heterocycles. The van der Waals surface area contributed by atoms with E-state index in [2.05, 4.69) is 10.1 Å². The van der Waals surface area contributed by atoms with E-state index < -0.39 is 33.3 Å². The van der Waals surface area contributed by atoms with Crippen LogP contribution in [-0.2, 0) is 19.4 Å². The molecule has 0 saturated carbocycles. The first-order valence-electron chi connectivity index (χ1n) is 10.4. The summed E-state index contributed by atoms with van der Waals surface area (Å²) in [6.45, 7) is 3.52. The number of thiazole rings is 1. The van der Waals surface area contributed by atoms with Gasteiger partial charge in [0, 0.05) is 0 Å². The topological polar surface area (TPSA) is 158 Å². The molecule has 2 heterocycles. The SMILES string of the molecule is CC(C)CS(=O)(=O)C(C1=NN(C(N)=O)C(C(N)=O)O1)c1nc2ccc(-c3ccccc3)cc2s1. The lowest BCUT2D eigenvalue weighted by Crippen LogP contribution is -2.45. The van der Waals surface area contributed by atoms with Crippen LogP contribution >= 0.6 is 11.3 Å². The number of aromatic nitrogens is 1. The van der Waals surface area contributed by atoms with Crippen molar-refractivity contribution < 1.29 is 22.7 Å². The van der Waals surface area contributed by atoms with Gasteiger partial charge in [-0.3, -0.25) is 4.79 Å². The van der Waals surface area contributed by atoms with Crippen molar-refractivity contribution in [1.82, 2.24) is 9.99 Å². The van der Waals surface area contributed by atoms with Crippen molar-refractivity contribution in [3.05, 3.63) is 53.5 Å². The number of urea groups is 1. The van der Waals surface area contributed by atoms with Gasteiger partial charge in [0.15, 0.2) is 15.1 Å². The summed E-state index contributed by atoms with van der Waals surface area (Å²) in [7, 11) is -3.91. The molecular formula is C22H23N5O5S2. The molecule has 34 heavy (non-hydrogen) atoms. The minimum atomic E-state index is -3.91. The second-order valence-corrected chi connectivity index (χ2v) is 11.4. The van der Waals surface area contributed by atoms with Crippen LogP contribution in [0.3, 0.4) is 0 Å². The molecule has 1 aliphatic heterocycles. The monoisotopic (exact) mass is 501 g/mol. The maximum absolute atomic E-state index is 13.4. The van der Waals surface area contributed by atoms with Crippen LogP contribution in [0.15, 0.2) is 53.6 Å². The Morgan fingerprint density at radius 1 is 1.12 bits per heavy atom. The number of primary amides is 2. The van der Waals surface area contributed by atoms with E-state index in [1.165, 1.54) is 11.3 Å². The van der Waals surface area contributed by atoms with Crippen LogP contribution in [0, 0.1) is 5.92 Å². The van der Waals surface area contributed by atoms with Crippen LogP contribution in [0.2, 0.25) is 0 Å². The van der Waals surface area contributed by atoms with E-state index in [-0.39, 0.29) is 22.6 Å². The molecule has 2 aromatic carbocycles. The van der Waals surface area contributed by atoms with Gasteiger partial charge in [-0.05, 0) is 29.2 Å². The van der Waals surface area contributed by atoms with E-state index in [1.807, 2.05) is 48.5 Å². The molecule has 0 spiro atoms. The summed E-state index contributed by atoms with van der Waals surface area (Å²) >= 11 is 1.17. The largest absolute Gasteiger partial charge is 0.442 e. The van der Waals surface area contributed by atoms with Gasteiger partial charge < -0.3 is 16.2 Å². The molecule has 178 valence electrons. The Labute approximate surface area is 200 Å². The Morgan fingerprint density at radius 3 is 2.41 bits per heavy atom. The molecule has 2 unspecified atom stereocenters. The lowest BCUT2D eigenvalue weighted by atomic mass is 10.1. The second-order valence-electron chi connectivity index (χ2n) is 8.20. The molecule has 4 rings (SSSR count). The lowest BCUT2D eigenvalue weighted by Gasteiger charge is -2.17. The molecule has 2 atom stereocenters. The number of benzene rings is 2. The summed E-state index contributed by atoms with van der Waals surface area (Å²) in [5.41, 5.74) is 13.1. The Bertz CT molecular complexity index is 1390. The number of rotatable bonds is 7. The average Bonchev–Trinajstić information content (AvgIpc) is 3.37. The van der Waals surface area contributed by atoms with Crippen molar-refractivity contribution >= 4 is 49.2 Å². The highest BCUT2D eigenvalue weighted by Gasteiger charge is 2.45. The number of nitrogens with zero attached hydrogens (tertiary/aromatic N) is 3. The molecule has 0 fully saturated rings. The maximum Gasteiger partial charge on any atom is 0.339 e. The zero-order valence-corrected chi connectivity index (χ0v) is 20.0. The minimum Gasteiger partial charge on any atom is -0.442 e. The predicted octanol–water partition coefficient (Wildman–Crippen LogP) is 2.61. The summed E-state index contributed by atoms with van der Waals surface area (Å²) in [4.78, 5) is 28.1. The normalized spacial score (nSPS) is 17.0. The number of hydrazone groups is 1. The van der Waals surface area contributed by atoms with Gasteiger partial charge in [-0.2, -0.15) is 5.01 Å². The minimum absolute atomic E-state index is 0.191. The third-order valence-electron chi connectivity index (χ3n) is 5.02. The summed E-state index contributed by atoms with van der Waals surface area (Å²) in [5.74, 6) is -1.80. The van der Waals surface area contributed by atoms with Crippen LogP contribution in [0.1, 0.15) is 24.1 Å². The number of hydrogen-bond acceptors (Lipinski definition) is 8. The van der Waals surface area contributed by atoms with Crippen molar-refractivity contribution in [1.29, 1.82) is 0 Å². The fourth-order valence-electron chi connectivity index (χ4n) is 3.64. The number of nitrogens with two attached hydrogens (primary N) is 2. The van der Waals surface area contributed by atoms with Crippen molar-refractivity contribution in [2.24, 2.45) is 22.5 Å². The number of amides is 3. The number of ether oxygens (including phenoxy) is 1. The van der Waals surface area contributed by atoms with E-state index in [1.54, 1.807) is 13.8 Å². The molecule has 12 heteroatoms. The molecule has 0 radical (unpaired) electrons. The fourth-order valence-corrected chi connectivity index (χ4v) is 7.10. The quantitative estimate of drug-likeness (QED) is 0.506. The summed E-state index contributed by atoms with van der Waals surface area (Å²) in [6.07, 6.45) is -1.64. The first-order valence-corrected chi connectivity index (χ1v) is 12.9. The van der Waals surface area contributed by atoms with E-state index in [4.69, 9.17) is 16.2 Å². The standard InChI is InChI=1S/C22H23N5O5S2/c1-12(2)11-34(30,31)17(19-26-27(22(24)29)21(32-19)18(23)28)20-25-15-9-8-14(10-16(15)33-20)13-6-4-3-5-7-13/h3-10,12,17,21H,11H2,1-2H3,(H2,23,28)(H2,24,29). The van der Waals surface area contributed by atoms with Gasteiger partial charge in [0.1, 0.15) is 5.01 Å². The zero-order valence-electron chi connectivity index (χ0n) is 18.4. The Kier molecular flexibility index (Phi) is 6.28. The molecule has 3 amide bonds. The molecule has 0 aliphatic carbocycles. The lowest BCUT2D eigenvalue weighted by molar-refractivity contribution is -0.129. The van der Waals surface area contributed by atoms with E-state index in [9.17, 15) is 18.0 Å². The maximum atomic E-state index is 13.4. The first kappa shape index (κ1) is 23.6. The third kappa shape index (κ3) is 4.59. The number of sulfone groups is 1. The van der Waals surface area contributed by atoms with Crippen LogP contribution < -0.4 is 11.5 Å². The van der Waals surface area contributed by atoms with E-state index in [0.29, 0.717) is 10.5 Å². The highest BCUT2D eigenvalue weighted by molar-refractivity contribution is 7.92. The van der Waals surface area contributed by atoms with Gasteiger partial charge in [0.2, 0.25) is 5.90 Å². The van der Waals surface area contributed by atoms with Gasteiger partial charge in [0.05, 0.1) is 16.0 Å². The Hall–Kier alpha value is -3.51. The average molecular weight is 502 g/mol. The third-order valence-corrected chi connectivity index (χ3v) is 8.52. The van der Waals surface area contributed by atoms with Crippen molar-refractivity contribution in [3.8, 4) is 11.1 Å². The van der Waals surface area contributed by atoms with Crippen molar-refractivity contribution in [2.75, 3.05) is 5.75 Å². The predicted molar refractivity (Wildman–Crippen MR) is 129 cm³/mol. The number of carbonyl (C=O) groups is 2. The molecule has 4 N–H and O–H groups in total. The summed E-state index contributed by atoms with van der Waals surface area (Å²) in [5, 5.41) is 3.22. The molecule has 10 nitrogen and oxygen atoms in total. The van der Waals surface area contributed by atoms with Crippen LogP contribution in [0.5, 0.6) is 0 Å². The van der Waals surface area contributed by atoms with Gasteiger partial charge in [-0.1, -0.05) is 50.2 Å². The highest BCUT2D eigenvalue weighted by Crippen LogP contribution is 2.37. The number of hydrogen-bond donors (Lipinski definition) is 2. The molecular weight excluding hydrogens is 478 g/mol. The molecule has 1 aliphatic rings. The Morgan fingerprint density at radius 2 is 1.82 bits per heavy atom. The molecule has 3 aromatic rings. The Balaban J connectivity index is 1.82. The van der Waals surface area contributed by atoms with Gasteiger partial charge in [-0.25, -0.2) is 18.2 Å². The van der Waals surface area contributed by atoms with Gasteiger partial charge in [-0.15, -0.1) is 16.4 Å². The van der Waals surface area contributed by atoms with Gasteiger partial charge >= 0.3 is 6.03 Å². The number of fused-ring (bicyclic) bond motifs is 1. The highest BCUT2D eigenvalue weighted by atomic mass is 32.2. The first-order chi connectivity index (χ1) is 16.1. The van der Waals surface area contributed by atoms with Crippen molar-refractivity contribution in [3.63, 3.8) is 0 Å². The van der Waals surface area contributed by atoms with E-state index >= 15 is 0 Å². The van der Waals surface area contributed by atoms with E-state index in [0.717, 1.165) is 15.8 Å².